The van der Waals surface area contributed by atoms with Gasteiger partial charge in [-0.2, -0.15) is 0 Å². The minimum atomic E-state index is -0.853. The minimum absolute atomic E-state index is 0.00289. The minimum Gasteiger partial charge on any atom is -0.466 e. The summed E-state index contributed by atoms with van der Waals surface area (Å²) < 4.78 is 5.49. The molecule has 0 saturated heterocycles. The first-order valence-corrected chi connectivity index (χ1v) is 31.8. The van der Waals surface area contributed by atoms with E-state index in [1.54, 1.807) is 6.08 Å². The molecule has 3 N–H and O–H groups in total. The van der Waals surface area contributed by atoms with E-state index in [0.29, 0.717) is 19.4 Å². The summed E-state index contributed by atoms with van der Waals surface area (Å²) >= 11 is 0. The van der Waals surface area contributed by atoms with Gasteiger partial charge >= 0.3 is 5.97 Å². The summed E-state index contributed by atoms with van der Waals surface area (Å²) in [4.78, 5) is 24.6. The largest absolute Gasteiger partial charge is 0.466 e. The van der Waals surface area contributed by atoms with Gasteiger partial charge in [0.05, 0.1) is 25.4 Å². The molecule has 418 valence electrons. The summed E-state index contributed by atoms with van der Waals surface area (Å²) in [5, 5.41) is 23.2. The Balaban J connectivity index is 3.47. The molecule has 2 unspecified atom stereocenters. The quantitative estimate of drug-likeness (QED) is 0.0321. The Bertz CT molecular complexity index is 1150. The molecule has 0 saturated carbocycles. The second-order valence-corrected chi connectivity index (χ2v) is 21.7. The van der Waals surface area contributed by atoms with Crippen molar-refractivity contribution in [2.24, 2.45) is 0 Å². The van der Waals surface area contributed by atoms with Crippen molar-refractivity contribution in [3.05, 3.63) is 36.5 Å². The van der Waals surface area contributed by atoms with Gasteiger partial charge in [0.15, 0.2) is 0 Å². The summed E-state index contributed by atoms with van der Waals surface area (Å²) in [6.45, 7) is 4.90. The molecule has 0 rings (SSSR count). The van der Waals surface area contributed by atoms with Gasteiger partial charge in [-0.15, -0.1) is 0 Å². The average molecular weight is 999 g/mol. The highest BCUT2D eigenvalue weighted by Gasteiger charge is 2.18. The topological polar surface area (TPSA) is 95.9 Å². The normalized spacial score (nSPS) is 12.8. The Kier molecular flexibility index (Phi) is 59.0. The van der Waals surface area contributed by atoms with Gasteiger partial charge < -0.3 is 20.3 Å². The van der Waals surface area contributed by atoms with Gasteiger partial charge in [-0.25, -0.2) is 0 Å². The summed E-state index contributed by atoms with van der Waals surface area (Å²) in [5.41, 5.74) is 0. The molecule has 0 aliphatic rings. The third-order valence-electron chi connectivity index (χ3n) is 14.6. The van der Waals surface area contributed by atoms with Crippen molar-refractivity contribution in [2.45, 2.75) is 353 Å². The fourth-order valence-corrected chi connectivity index (χ4v) is 9.74. The number of aliphatic hydroxyl groups is 2. The first-order valence-electron chi connectivity index (χ1n) is 31.8. The zero-order valence-electron chi connectivity index (χ0n) is 47.7. The standard InChI is InChI=1S/C65H123NO5/c1-3-5-7-9-11-13-15-17-19-21-23-27-31-35-39-43-47-51-55-59-65(70)71-60-56-52-48-44-40-36-32-28-24-26-30-34-38-42-46-50-54-58-64(69)66-62(61-67)63(68)57-53-49-45-41-37-33-29-25-22-20-18-16-14-12-10-8-6-4-2/h17,19,24,28,53,57,62-63,67-68H,3-16,18,20-23,25-27,29-52,54-56,58-61H2,1-2H3,(H,66,69)/b19-17-,28-24-,57-53+. The van der Waals surface area contributed by atoms with Gasteiger partial charge in [-0.1, -0.05) is 281 Å². The number of rotatable bonds is 59. The van der Waals surface area contributed by atoms with Crippen molar-refractivity contribution in [3.8, 4) is 0 Å². The lowest BCUT2D eigenvalue weighted by atomic mass is 10.0. The summed E-state index contributed by atoms with van der Waals surface area (Å²) in [5.74, 6) is -0.0810. The fraction of sp³-hybridized carbons (Fsp3) is 0.877. The van der Waals surface area contributed by atoms with E-state index in [1.807, 2.05) is 6.08 Å². The molecule has 0 spiro atoms. The van der Waals surface area contributed by atoms with Gasteiger partial charge in [-0.05, 0) is 83.5 Å². The molecular weight excluding hydrogens is 875 g/mol. The van der Waals surface area contributed by atoms with Crippen LogP contribution in [0, 0.1) is 0 Å². The molecule has 0 bridgehead atoms. The maximum absolute atomic E-state index is 12.5. The van der Waals surface area contributed by atoms with E-state index in [9.17, 15) is 19.8 Å². The van der Waals surface area contributed by atoms with E-state index in [0.717, 1.165) is 57.8 Å². The molecule has 71 heavy (non-hydrogen) atoms. The highest BCUT2D eigenvalue weighted by Crippen LogP contribution is 2.17. The second kappa shape index (κ2) is 60.6. The highest BCUT2D eigenvalue weighted by atomic mass is 16.5. The Morgan fingerprint density at radius 1 is 0.380 bits per heavy atom. The van der Waals surface area contributed by atoms with Gasteiger partial charge in [0.2, 0.25) is 5.91 Å². The first kappa shape index (κ1) is 69.1. The number of aliphatic hydroxyl groups excluding tert-OH is 2. The molecular formula is C65H123NO5. The van der Waals surface area contributed by atoms with E-state index in [1.165, 1.54) is 257 Å². The number of esters is 1. The number of carbonyl (C=O) groups is 2. The van der Waals surface area contributed by atoms with Crippen LogP contribution in [-0.2, 0) is 14.3 Å². The van der Waals surface area contributed by atoms with E-state index in [2.05, 4.69) is 43.5 Å². The second-order valence-electron chi connectivity index (χ2n) is 21.7. The molecule has 0 radical (unpaired) electrons. The Labute approximate surface area is 443 Å². The third-order valence-corrected chi connectivity index (χ3v) is 14.6. The summed E-state index contributed by atoms with van der Waals surface area (Å²) in [6.07, 6.45) is 76.1. The Morgan fingerprint density at radius 3 is 1.00 bits per heavy atom. The fourth-order valence-electron chi connectivity index (χ4n) is 9.74. The monoisotopic (exact) mass is 998 g/mol. The molecule has 0 fully saturated rings. The number of ether oxygens (including phenoxy) is 1. The number of nitrogens with one attached hydrogen (secondary N) is 1. The molecule has 6 nitrogen and oxygen atoms in total. The molecule has 6 heteroatoms. The predicted octanol–water partition coefficient (Wildman–Crippen LogP) is 20.0. The van der Waals surface area contributed by atoms with Crippen LogP contribution in [0.3, 0.4) is 0 Å². The Hall–Kier alpha value is -1.92. The van der Waals surface area contributed by atoms with Gasteiger partial charge in [0, 0.05) is 12.8 Å². The van der Waals surface area contributed by atoms with Crippen molar-refractivity contribution >= 4 is 11.9 Å². The maximum Gasteiger partial charge on any atom is 0.305 e. The van der Waals surface area contributed by atoms with Crippen LogP contribution in [0.2, 0.25) is 0 Å². The molecule has 0 aliphatic heterocycles. The van der Waals surface area contributed by atoms with E-state index in [4.69, 9.17) is 4.74 Å². The van der Waals surface area contributed by atoms with Crippen molar-refractivity contribution in [1.29, 1.82) is 0 Å². The van der Waals surface area contributed by atoms with Gasteiger partial charge in [0.1, 0.15) is 0 Å². The van der Waals surface area contributed by atoms with Crippen LogP contribution < -0.4 is 5.32 Å². The number of carbonyl (C=O) groups excluding carboxylic acids is 2. The van der Waals surface area contributed by atoms with Gasteiger partial charge in [-0.3, -0.25) is 9.59 Å². The van der Waals surface area contributed by atoms with Crippen LogP contribution >= 0.6 is 0 Å². The Morgan fingerprint density at radius 2 is 0.662 bits per heavy atom. The molecule has 0 aromatic carbocycles. The van der Waals surface area contributed by atoms with Crippen molar-refractivity contribution in [1.82, 2.24) is 5.32 Å². The van der Waals surface area contributed by atoms with Crippen LogP contribution in [0.4, 0.5) is 0 Å². The maximum atomic E-state index is 12.5. The zero-order chi connectivity index (χ0) is 51.4. The van der Waals surface area contributed by atoms with Crippen molar-refractivity contribution in [3.63, 3.8) is 0 Å². The van der Waals surface area contributed by atoms with Crippen LogP contribution in [0.25, 0.3) is 0 Å². The van der Waals surface area contributed by atoms with E-state index < -0.39 is 12.1 Å². The highest BCUT2D eigenvalue weighted by molar-refractivity contribution is 5.76. The average Bonchev–Trinajstić information content (AvgIpc) is 3.37. The number of allylic oxidation sites excluding steroid dienone is 5. The lowest BCUT2D eigenvalue weighted by Gasteiger charge is -2.20. The first-order chi connectivity index (χ1) is 35.0. The van der Waals surface area contributed by atoms with E-state index in [-0.39, 0.29) is 18.5 Å². The van der Waals surface area contributed by atoms with Crippen molar-refractivity contribution in [2.75, 3.05) is 13.2 Å². The van der Waals surface area contributed by atoms with Crippen LogP contribution in [0.5, 0.6) is 0 Å². The predicted molar refractivity (Wildman–Crippen MR) is 310 cm³/mol. The SMILES string of the molecule is CCCCCCCC/C=C\CCCCCCCCCCCC(=O)OCCCCCCCC/C=C\CCCCCCCCCC(=O)NC(CO)C(O)/C=C/CCCCCCCCCCCCCCCCCC. The van der Waals surface area contributed by atoms with Crippen LogP contribution in [-0.4, -0.2) is 47.4 Å². The van der Waals surface area contributed by atoms with Crippen LogP contribution in [0.15, 0.2) is 36.5 Å². The van der Waals surface area contributed by atoms with Gasteiger partial charge in [0.25, 0.3) is 0 Å². The van der Waals surface area contributed by atoms with Crippen molar-refractivity contribution < 1.29 is 24.5 Å². The number of hydrogen-bond acceptors (Lipinski definition) is 5. The third kappa shape index (κ3) is 57.2. The lowest BCUT2D eigenvalue weighted by Crippen LogP contribution is -2.45. The van der Waals surface area contributed by atoms with E-state index >= 15 is 0 Å². The molecule has 0 heterocycles. The molecule has 0 aromatic rings. The number of hydrogen-bond donors (Lipinski definition) is 3. The number of unbranched alkanes of at least 4 members (excludes halogenated alkanes) is 44. The lowest BCUT2D eigenvalue weighted by molar-refractivity contribution is -0.143. The summed E-state index contributed by atoms with van der Waals surface area (Å²) in [6, 6.07) is -0.638. The van der Waals surface area contributed by atoms with Crippen LogP contribution in [0.1, 0.15) is 341 Å². The molecule has 2 atom stereocenters. The molecule has 1 amide bonds. The summed E-state index contributed by atoms with van der Waals surface area (Å²) in [7, 11) is 0. The molecule has 0 aromatic heterocycles. The zero-order valence-corrected chi connectivity index (χ0v) is 47.7. The smallest absolute Gasteiger partial charge is 0.305 e. The number of amides is 1. The molecule has 0 aliphatic carbocycles.